The summed E-state index contributed by atoms with van der Waals surface area (Å²) in [5.41, 5.74) is 14.5. The van der Waals surface area contributed by atoms with Gasteiger partial charge < -0.3 is 5.32 Å². The van der Waals surface area contributed by atoms with Crippen molar-refractivity contribution in [3.63, 3.8) is 0 Å². The topological polar surface area (TPSA) is 54.8 Å². The molecule has 2 unspecified atom stereocenters. The maximum atomic E-state index is 5.36. The van der Waals surface area contributed by atoms with Crippen molar-refractivity contribution in [1.82, 2.24) is 25.2 Å². The number of fused-ring (bicyclic) bond motifs is 6. The molecule has 0 radical (unpaired) electrons. The van der Waals surface area contributed by atoms with Gasteiger partial charge >= 0.3 is 0 Å². The Labute approximate surface area is 343 Å². The molecule has 5 nitrogen and oxygen atoms in total. The molecule has 0 bridgehead atoms. The van der Waals surface area contributed by atoms with E-state index in [2.05, 4.69) is 209 Å². The minimum absolute atomic E-state index is 0.0272. The second-order valence-electron chi connectivity index (χ2n) is 15.1. The lowest BCUT2D eigenvalue weighted by atomic mass is 9.95. The fraction of sp³-hybridized carbons (Fsp3) is 0.0370. The smallest absolute Gasteiger partial charge is 0.145 e. The predicted molar refractivity (Wildman–Crippen MR) is 243 cm³/mol. The van der Waals surface area contributed by atoms with E-state index in [1.165, 1.54) is 22.3 Å². The van der Waals surface area contributed by atoms with Crippen molar-refractivity contribution in [1.29, 1.82) is 0 Å². The summed E-state index contributed by atoms with van der Waals surface area (Å²) < 4.78 is 2.30. The number of imidazole rings is 1. The van der Waals surface area contributed by atoms with Crippen LogP contribution in [-0.2, 0) is 0 Å². The molecule has 11 rings (SSSR count). The third-order valence-corrected chi connectivity index (χ3v) is 11.6. The van der Waals surface area contributed by atoms with Crippen LogP contribution >= 0.6 is 0 Å². The van der Waals surface area contributed by atoms with Crippen LogP contribution in [0.15, 0.2) is 212 Å². The average Bonchev–Trinajstić information content (AvgIpc) is 3.74. The van der Waals surface area contributed by atoms with Crippen LogP contribution in [0.3, 0.4) is 0 Å². The molecular formula is C54H39N5. The van der Waals surface area contributed by atoms with Gasteiger partial charge in [0, 0.05) is 39.3 Å². The highest BCUT2D eigenvalue weighted by Gasteiger charge is 2.25. The summed E-state index contributed by atoms with van der Waals surface area (Å²) in [6, 6.07) is 71.0. The van der Waals surface area contributed by atoms with E-state index in [0.717, 1.165) is 72.2 Å². The largest absolute Gasteiger partial charge is 0.366 e. The van der Waals surface area contributed by atoms with Crippen LogP contribution < -0.4 is 10.6 Å². The summed E-state index contributed by atoms with van der Waals surface area (Å²) in [7, 11) is 0. The summed E-state index contributed by atoms with van der Waals surface area (Å²) in [6.07, 6.45) is 4.14. The Morgan fingerprint density at radius 3 is 1.63 bits per heavy atom. The summed E-state index contributed by atoms with van der Waals surface area (Å²) in [5.74, 6) is 0.904. The van der Waals surface area contributed by atoms with Crippen molar-refractivity contribution >= 4 is 38.4 Å². The number of nitrogens with zero attached hydrogens (tertiary/aromatic N) is 3. The zero-order chi connectivity index (χ0) is 39.1. The number of pyridine rings is 1. The van der Waals surface area contributed by atoms with Gasteiger partial charge in [-0.25, -0.2) is 4.98 Å². The zero-order valence-corrected chi connectivity index (χ0v) is 32.2. The van der Waals surface area contributed by atoms with E-state index < -0.39 is 0 Å². The lowest BCUT2D eigenvalue weighted by Gasteiger charge is -2.33. The highest BCUT2D eigenvalue weighted by Crippen LogP contribution is 2.39. The van der Waals surface area contributed by atoms with Gasteiger partial charge in [0.25, 0.3) is 0 Å². The molecule has 2 atom stereocenters. The fourth-order valence-electron chi connectivity index (χ4n) is 8.59. The molecule has 0 amide bonds. The molecule has 0 fully saturated rings. The van der Waals surface area contributed by atoms with Gasteiger partial charge in [0.1, 0.15) is 12.0 Å². The Kier molecular flexibility index (Phi) is 8.64. The molecule has 2 aromatic heterocycles. The summed E-state index contributed by atoms with van der Waals surface area (Å²) in [5, 5.41) is 10.9. The molecule has 3 heterocycles. The van der Waals surface area contributed by atoms with Gasteiger partial charge in [0.05, 0.1) is 22.6 Å². The molecule has 59 heavy (non-hydrogen) atoms. The van der Waals surface area contributed by atoms with Gasteiger partial charge in [-0.1, -0.05) is 176 Å². The van der Waals surface area contributed by atoms with Gasteiger partial charge in [0.15, 0.2) is 0 Å². The monoisotopic (exact) mass is 757 g/mol. The second-order valence-corrected chi connectivity index (χ2v) is 15.1. The molecule has 2 N–H and O–H groups in total. The van der Waals surface area contributed by atoms with Crippen molar-refractivity contribution in [3.05, 3.63) is 229 Å². The molecule has 0 saturated carbocycles. The van der Waals surface area contributed by atoms with E-state index in [1.54, 1.807) is 0 Å². The Morgan fingerprint density at radius 2 is 0.949 bits per heavy atom. The predicted octanol–water partition coefficient (Wildman–Crippen LogP) is 12.7. The zero-order valence-electron chi connectivity index (χ0n) is 32.2. The number of benzene rings is 8. The lowest BCUT2D eigenvalue weighted by molar-refractivity contribution is 0.443. The lowest BCUT2D eigenvalue weighted by Crippen LogP contribution is -2.39. The molecular weight excluding hydrogens is 719 g/mol. The fourth-order valence-corrected chi connectivity index (χ4v) is 8.59. The Bertz CT molecular complexity index is 3120. The number of rotatable bonds is 7. The van der Waals surface area contributed by atoms with Gasteiger partial charge in [-0.05, 0) is 69.3 Å². The van der Waals surface area contributed by atoms with E-state index in [0.29, 0.717) is 0 Å². The standard InChI is InChI=1S/C54H39N5/c1-4-13-36(14-5-1)37-22-26-40(27-23-37)48-35-49(57-53(56-48)42-15-6-2-7-16-42)41-28-24-38(25-29-41)39-30-32-44(33-31-39)59-52-47-21-12-34-55-50(47)45-19-10-11-20-46(45)51(52)58-54(59)43-17-8-3-9-18-43/h1-35,48,53,56-57H. The van der Waals surface area contributed by atoms with Crippen LogP contribution in [0.25, 0.3) is 77.7 Å². The van der Waals surface area contributed by atoms with Gasteiger partial charge in [-0.2, -0.15) is 0 Å². The first-order valence-electron chi connectivity index (χ1n) is 20.1. The van der Waals surface area contributed by atoms with Crippen molar-refractivity contribution in [3.8, 4) is 39.3 Å². The third kappa shape index (κ3) is 6.35. The molecule has 1 aliphatic rings. The number of hydrogen-bond donors (Lipinski definition) is 2. The van der Waals surface area contributed by atoms with Crippen LogP contribution in [0.4, 0.5) is 0 Å². The molecule has 0 aliphatic carbocycles. The van der Waals surface area contributed by atoms with Gasteiger partial charge in [-0.3, -0.25) is 14.9 Å². The number of hydrogen-bond acceptors (Lipinski definition) is 4. The van der Waals surface area contributed by atoms with Crippen molar-refractivity contribution in [2.75, 3.05) is 0 Å². The normalized spacial score (nSPS) is 15.3. The van der Waals surface area contributed by atoms with E-state index in [4.69, 9.17) is 9.97 Å². The summed E-state index contributed by atoms with van der Waals surface area (Å²) >= 11 is 0. The van der Waals surface area contributed by atoms with Crippen LogP contribution in [-0.4, -0.2) is 14.5 Å². The van der Waals surface area contributed by atoms with E-state index in [1.807, 2.05) is 18.3 Å². The highest BCUT2D eigenvalue weighted by molar-refractivity contribution is 6.23. The van der Waals surface area contributed by atoms with E-state index >= 15 is 0 Å². The van der Waals surface area contributed by atoms with Crippen molar-refractivity contribution in [2.45, 2.75) is 12.2 Å². The Morgan fingerprint density at radius 1 is 0.424 bits per heavy atom. The van der Waals surface area contributed by atoms with Gasteiger partial charge in [-0.15, -0.1) is 0 Å². The average molecular weight is 758 g/mol. The van der Waals surface area contributed by atoms with Crippen molar-refractivity contribution < 1.29 is 0 Å². The highest BCUT2D eigenvalue weighted by atomic mass is 15.2. The minimum Gasteiger partial charge on any atom is -0.366 e. The Hall–Kier alpha value is -7.60. The van der Waals surface area contributed by atoms with Crippen LogP contribution in [0.2, 0.25) is 0 Å². The maximum Gasteiger partial charge on any atom is 0.145 e. The van der Waals surface area contributed by atoms with Crippen LogP contribution in [0, 0.1) is 0 Å². The van der Waals surface area contributed by atoms with E-state index in [9.17, 15) is 0 Å². The van der Waals surface area contributed by atoms with E-state index in [-0.39, 0.29) is 12.2 Å². The summed E-state index contributed by atoms with van der Waals surface area (Å²) in [6.45, 7) is 0. The first-order valence-corrected chi connectivity index (χ1v) is 20.1. The molecule has 5 heteroatoms. The van der Waals surface area contributed by atoms with Gasteiger partial charge in [0.2, 0.25) is 0 Å². The minimum atomic E-state index is -0.0480. The first-order chi connectivity index (χ1) is 29.2. The van der Waals surface area contributed by atoms with Crippen LogP contribution in [0.1, 0.15) is 28.9 Å². The summed E-state index contributed by atoms with van der Waals surface area (Å²) in [4.78, 5) is 10.2. The van der Waals surface area contributed by atoms with Crippen LogP contribution in [0.5, 0.6) is 0 Å². The Balaban J connectivity index is 0.943. The molecule has 8 aromatic carbocycles. The number of aromatic nitrogens is 3. The SMILES string of the molecule is C1=C(c2ccc(-c3ccc(-n4c(-c5ccccc5)nc5c6ccccc6c6ncccc6c54)cc3)cc2)NC(c2ccccc2)NC1c1ccc(-c2ccccc2)cc1. The number of nitrogens with one attached hydrogen (secondary N) is 2. The quantitative estimate of drug-likeness (QED) is 0.159. The molecule has 0 saturated heterocycles. The van der Waals surface area contributed by atoms with Crippen molar-refractivity contribution in [2.24, 2.45) is 0 Å². The molecule has 1 aliphatic heterocycles. The molecule has 10 aromatic rings. The molecule has 280 valence electrons. The second kappa shape index (κ2) is 14.7. The first kappa shape index (κ1) is 34.6. The molecule has 0 spiro atoms. The maximum absolute atomic E-state index is 5.36. The third-order valence-electron chi connectivity index (χ3n) is 11.6.